The lowest BCUT2D eigenvalue weighted by Gasteiger charge is -2.02. The Hall–Kier alpha value is -0.310. The summed E-state index contributed by atoms with van der Waals surface area (Å²) < 4.78 is 1.31. The van der Waals surface area contributed by atoms with Crippen LogP contribution >= 0.6 is 22.6 Å². The van der Waals surface area contributed by atoms with Crippen LogP contribution in [0.3, 0.4) is 0 Å². The quantitative estimate of drug-likeness (QED) is 0.675. The molecule has 1 aromatic carbocycles. The fourth-order valence-corrected chi connectivity index (χ4v) is 1.25. The fourth-order valence-electron chi connectivity index (χ4n) is 0.910. The molecular weight excluding hydrogens is 247 g/mol. The molecule has 0 nitrogen and oxygen atoms in total. The monoisotopic (exact) mass is 258 g/mol. The van der Waals surface area contributed by atoms with Gasteiger partial charge in [0.2, 0.25) is 0 Å². The van der Waals surface area contributed by atoms with Gasteiger partial charge in [-0.1, -0.05) is 24.3 Å². The lowest BCUT2D eigenvalue weighted by atomic mass is 10.1. The van der Waals surface area contributed by atoms with Gasteiger partial charge in [-0.3, -0.25) is 0 Å². The summed E-state index contributed by atoms with van der Waals surface area (Å²) >= 11 is 2.33. The third kappa shape index (κ3) is 2.06. The number of hydrogen-bond donors (Lipinski definition) is 0. The second-order valence-corrected chi connectivity index (χ2v) is 3.91. The number of allylic oxidation sites excluding steroid dienone is 1. The Morgan fingerprint density at radius 2 is 2.09 bits per heavy atom. The van der Waals surface area contributed by atoms with E-state index in [9.17, 15) is 0 Å². The zero-order valence-electron chi connectivity index (χ0n) is 6.82. The molecule has 0 unspecified atom stereocenters. The molecule has 0 fully saturated rings. The molecule has 0 N–H and O–H groups in total. The van der Waals surface area contributed by atoms with Gasteiger partial charge in [0.1, 0.15) is 0 Å². The SMILES string of the molecule is C=C(C)c1ccc(I)c(C)c1. The number of hydrogen-bond acceptors (Lipinski definition) is 0. The van der Waals surface area contributed by atoms with Crippen LogP contribution < -0.4 is 0 Å². The second kappa shape index (κ2) is 3.39. The van der Waals surface area contributed by atoms with Gasteiger partial charge in [0, 0.05) is 3.57 Å². The molecule has 0 aliphatic heterocycles. The van der Waals surface area contributed by atoms with Gasteiger partial charge in [0.15, 0.2) is 0 Å². The molecule has 0 radical (unpaired) electrons. The number of aryl methyl sites for hydroxylation is 1. The van der Waals surface area contributed by atoms with Gasteiger partial charge in [-0.05, 0) is 53.6 Å². The summed E-state index contributed by atoms with van der Waals surface area (Å²) in [5.74, 6) is 0. The molecule has 58 valence electrons. The third-order valence-electron chi connectivity index (χ3n) is 1.65. The van der Waals surface area contributed by atoms with E-state index in [1.54, 1.807) is 0 Å². The van der Waals surface area contributed by atoms with Crippen LogP contribution in [0.5, 0.6) is 0 Å². The van der Waals surface area contributed by atoms with Crippen LogP contribution in [-0.2, 0) is 0 Å². The largest absolute Gasteiger partial charge is 0.0955 e. The van der Waals surface area contributed by atoms with Gasteiger partial charge in [0.05, 0.1) is 0 Å². The number of rotatable bonds is 1. The summed E-state index contributed by atoms with van der Waals surface area (Å²) in [4.78, 5) is 0. The van der Waals surface area contributed by atoms with Crippen molar-refractivity contribution in [1.82, 2.24) is 0 Å². The van der Waals surface area contributed by atoms with Crippen LogP contribution in [0.4, 0.5) is 0 Å². The lowest BCUT2D eigenvalue weighted by molar-refractivity contribution is 1.40. The number of halogens is 1. The molecule has 0 saturated carbocycles. The van der Waals surface area contributed by atoms with Crippen LogP contribution in [0, 0.1) is 10.5 Å². The van der Waals surface area contributed by atoms with Crippen LogP contribution in [0.15, 0.2) is 24.8 Å². The second-order valence-electron chi connectivity index (χ2n) is 2.74. The first-order valence-electron chi connectivity index (χ1n) is 3.53. The topological polar surface area (TPSA) is 0 Å². The predicted molar refractivity (Wildman–Crippen MR) is 58.6 cm³/mol. The average molecular weight is 258 g/mol. The first kappa shape index (κ1) is 8.78. The van der Waals surface area contributed by atoms with Crippen molar-refractivity contribution < 1.29 is 0 Å². The maximum atomic E-state index is 3.89. The Labute approximate surface area is 81.5 Å². The van der Waals surface area contributed by atoms with Crippen LogP contribution in [-0.4, -0.2) is 0 Å². The lowest BCUT2D eigenvalue weighted by Crippen LogP contribution is -1.83. The Morgan fingerprint density at radius 3 is 2.55 bits per heavy atom. The smallest absolute Gasteiger partial charge is 0.0159 e. The van der Waals surface area contributed by atoms with Crippen molar-refractivity contribution in [3.8, 4) is 0 Å². The minimum absolute atomic E-state index is 1.13. The zero-order valence-corrected chi connectivity index (χ0v) is 8.97. The van der Waals surface area contributed by atoms with E-state index in [2.05, 4.69) is 54.3 Å². The predicted octanol–water partition coefficient (Wildman–Crippen LogP) is 3.63. The molecule has 11 heavy (non-hydrogen) atoms. The highest BCUT2D eigenvalue weighted by molar-refractivity contribution is 14.1. The van der Waals surface area contributed by atoms with E-state index < -0.39 is 0 Å². The minimum atomic E-state index is 1.13. The summed E-state index contributed by atoms with van der Waals surface area (Å²) in [6.07, 6.45) is 0. The maximum Gasteiger partial charge on any atom is 0.0159 e. The summed E-state index contributed by atoms with van der Waals surface area (Å²) in [5, 5.41) is 0. The van der Waals surface area contributed by atoms with Crippen molar-refractivity contribution in [1.29, 1.82) is 0 Å². The summed E-state index contributed by atoms with van der Waals surface area (Å²) in [6.45, 7) is 8.04. The molecule has 0 aliphatic carbocycles. The van der Waals surface area contributed by atoms with E-state index in [-0.39, 0.29) is 0 Å². The molecular formula is C10H11I. The third-order valence-corrected chi connectivity index (χ3v) is 2.86. The van der Waals surface area contributed by atoms with E-state index in [0.717, 1.165) is 5.57 Å². The van der Waals surface area contributed by atoms with Crippen LogP contribution in [0.2, 0.25) is 0 Å². The van der Waals surface area contributed by atoms with Crippen molar-refractivity contribution in [2.24, 2.45) is 0 Å². The molecule has 0 bridgehead atoms. The fraction of sp³-hybridized carbons (Fsp3) is 0.200. The van der Waals surface area contributed by atoms with E-state index in [1.165, 1.54) is 14.7 Å². The Morgan fingerprint density at radius 1 is 1.45 bits per heavy atom. The summed E-state index contributed by atoms with van der Waals surface area (Å²) in [6, 6.07) is 6.40. The summed E-state index contributed by atoms with van der Waals surface area (Å²) in [7, 11) is 0. The van der Waals surface area contributed by atoms with Crippen molar-refractivity contribution in [3.63, 3.8) is 0 Å². The molecule has 0 atom stereocenters. The highest BCUT2D eigenvalue weighted by Crippen LogP contribution is 2.17. The molecule has 1 heteroatoms. The van der Waals surface area contributed by atoms with Crippen LogP contribution in [0.25, 0.3) is 5.57 Å². The van der Waals surface area contributed by atoms with E-state index in [1.807, 2.05) is 6.92 Å². The van der Waals surface area contributed by atoms with Gasteiger partial charge in [-0.2, -0.15) is 0 Å². The number of benzene rings is 1. The van der Waals surface area contributed by atoms with Crippen LogP contribution in [0.1, 0.15) is 18.1 Å². The maximum absolute atomic E-state index is 3.89. The zero-order chi connectivity index (χ0) is 8.43. The van der Waals surface area contributed by atoms with Gasteiger partial charge in [-0.15, -0.1) is 0 Å². The first-order chi connectivity index (χ1) is 5.11. The molecule has 0 saturated heterocycles. The van der Waals surface area contributed by atoms with Gasteiger partial charge < -0.3 is 0 Å². The Bertz CT molecular complexity index is 287. The van der Waals surface area contributed by atoms with E-state index >= 15 is 0 Å². The van der Waals surface area contributed by atoms with Crippen molar-refractivity contribution >= 4 is 28.2 Å². The Kier molecular flexibility index (Phi) is 2.71. The highest BCUT2D eigenvalue weighted by Gasteiger charge is 1.96. The van der Waals surface area contributed by atoms with Gasteiger partial charge in [-0.25, -0.2) is 0 Å². The summed E-state index contributed by atoms with van der Waals surface area (Å²) in [5.41, 5.74) is 3.69. The van der Waals surface area contributed by atoms with Crippen molar-refractivity contribution in [2.45, 2.75) is 13.8 Å². The normalized spacial score (nSPS) is 9.73. The average Bonchev–Trinajstić information content (AvgIpc) is 1.94. The molecule has 0 spiro atoms. The standard InChI is InChI=1S/C10H11I/c1-7(2)9-4-5-10(11)8(3)6-9/h4-6H,1H2,2-3H3. The molecule has 1 rings (SSSR count). The molecule has 1 aromatic rings. The molecule has 0 aliphatic rings. The molecule has 0 aromatic heterocycles. The minimum Gasteiger partial charge on any atom is -0.0955 e. The first-order valence-corrected chi connectivity index (χ1v) is 4.61. The highest BCUT2D eigenvalue weighted by atomic mass is 127. The van der Waals surface area contributed by atoms with Gasteiger partial charge in [0.25, 0.3) is 0 Å². The molecule has 0 heterocycles. The Balaban J connectivity index is 3.15. The van der Waals surface area contributed by atoms with Crippen molar-refractivity contribution in [3.05, 3.63) is 39.5 Å². The molecule has 0 amide bonds. The van der Waals surface area contributed by atoms with E-state index in [4.69, 9.17) is 0 Å². The van der Waals surface area contributed by atoms with Crippen molar-refractivity contribution in [2.75, 3.05) is 0 Å². The van der Waals surface area contributed by atoms with Gasteiger partial charge >= 0.3 is 0 Å². The van der Waals surface area contributed by atoms with E-state index in [0.29, 0.717) is 0 Å².